The number of thiazole rings is 1. The Hall–Kier alpha value is -2.38. The van der Waals surface area contributed by atoms with E-state index in [0.29, 0.717) is 11.4 Å². The van der Waals surface area contributed by atoms with Gasteiger partial charge in [0.15, 0.2) is 4.34 Å². The first-order valence-corrected chi connectivity index (χ1v) is 8.87. The molecule has 5 nitrogen and oxygen atoms in total. The SMILES string of the molecule is CC(=O)Nc1ccc(Sc2nc3ccccc3s2)c(NC(C)=O)c1. The predicted molar refractivity (Wildman–Crippen MR) is 98.8 cm³/mol. The van der Waals surface area contributed by atoms with Crippen molar-refractivity contribution in [2.45, 2.75) is 23.1 Å². The first kappa shape index (κ1) is 16.5. The van der Waals surface area contributed by atoms with Crippen LogP contribution in [0, 0.1) is 0 Å². The van der Waals surface area contributed by atoms with E-state index < -0.39 is 0 Å². The molecule has 122 valence electrons. The fraction of sp³-hybridized carbons (Fsp3) is 0.118. The van der Waals surface area contributed by atoms with Gasteiger partial charge < -0.3 is 10.6 Å². The summed E-state index contributed by atoms with van der Waals surface area (Å²) in [6.07, 6.45) is 0. The molecular weight excluding hydrogens is 342 g/mol. The van der Waals surface area contributed by atoms with Gasteiger partial charge in [0.05, 0.1) is 15.9 Å². The summed E-state index contributed by atoms with van der Waals surface area (Å²) in [5.41, 5.74) is 2.25. The Bertz CT molecular complexity index is 888. The Morgan fingerprint density at radius 3 is 2.50 bits per heavy atom. The molecule has 0 atom stereocenters. The molecule has 0 spiro atoms. The summed E-state index contributed by atoms with van der Waals surface area (Å²) >= 11 is 3.09. The smallest absolute Gasteiger partial charge is 0.221 e. The molecule has 1 aromatic heterocycles. The lowest BCUT2D eigenvalue weighted by Gasteiger charge is -2.11. The van der Waals surface area contributed by atoms with E-state index in [0.717, 1.165) is 19.5 Å². The fourth-order valence-corrected chi connectivity index (χ4v) is 4.27. The van der Waals surface area contributed by atoms with Crippen LogP contribution in [0.2, 0.25) is 0 Å². The molecule has 2 aromatic carbocycles. The lowest BCUT2D eigenvalue weighted by molar-refractivity contribution is -0.115. The van der Waals surface area contributed by atoms with Crippen molar-refractivity contribution in [3.05, 3.63) is 42.5 Å². The molecule has 0 aliphatic carbocycles. The maximum Gasteiger partial charge on any atom is 0.221 e. The second kappa shape index (κ2) is 7.02. The summed E-state index contributed by atoms with van der Waals surface area (Å²) in [7, 11) is 0. The van der Waals surface area contributed by atoms with Crippen LogP contribution in [0.3, 0.4) is 0 Å². The molecule has 0 bridgehead atoms. The van der Waals surface area contributed by atoms with Gasteiger partial charge in [-0.2, -0.15) is 0 Å². The van der Waals surface area contributed by atoms with Gasteiger partial charge in [-0.25, -0.2) is 4.98 Å². The monoisotopic (exact) mass is 357 g/mol. The topological polar surface area (TPSA) is 71.1 Å². The molecule has 0 aliphatic heterocycles. The Morgan fingerprint density at radius 2 is 1.79 bits per heavy atom. The molecule has 3 rings (SSSR count). The summed E-state index contributed by atoms with van der Waals surface area (Å²) in [6.45, 7) is 2.90. The molecule has 2 amide bonds. The number of rotatable bonds is 4. The number of carbonyl (C=O) groups is 2. The highest BCUT2D eigenvalue weighted by Gasteiger charge is 2.11. The number of aromatic nitrogens is 1. The average Bonchev–Trinajstić information content (AvgIpc) is 2.91. The van der Waals surface area contributed by atoms with E-state index >= 15 is 0 Å². The zero-order chi connectivity index (χ0) is 17.1. The Kier molecular flexibility index (Phi) is 4.82. The van der Waals surface area contributed by atoms with Crippen molar-refractivity contribution >= 4 is 56.5 Å². The van der Waals surface area contributed by atoms with Crippen molar-refractivity contribution in [3.8, 4) is 0 Å². The quantitative estimate of drug-likeness (QED) is 0.727. The first-order chi connectivity index (χ1) is 11.5. The predicted octanol–water partition coefficient (Wildman–Crippen LogP) is 4.36. The van der Waals surface area contributed by atoms with Crippen molar-refractivity contribution in [2.75, 3.05) is 10.6 Å². The third-order valence-corrected chi connectivity index (χ3v) is 5.26. The van der Waals surface area contributed by atoms with Crippen LogP contribution in [0.4, 0.5) is 11.4 Å². The van der Waals surface area contributed by atoms with Crippen LogP contribution in [0.1, 0.15) is 13.8 Å². The Balaban J connectivity index is 1.92. The molecule has 0 unspecified atom stereocenters. The minimum Gasteiger partial charge on any atom is -0.326 e. The highest BCUT2D eigenvalue weighted by atomic mass is 32.2. The van der Waals surface area contributed by atoms with E-state index in [4.69, 9.17) is 0 Å². The molecule has 0 saturated carbocycles. The molecule has 0 saturated heterocycles. The Labute approximate surface area is 147 Å². The third kappa shape index (κ3) is 3.93. The van der Waals surface area contributed by atoms with Gasteiger partial charge >= 0.3 is 0 Å². The highest BCUT2D eigenvalue weighted by Crippen LogP contribution is 2.38. The van der Waals surface area contributed by atoms with Crippen molar-refractivity contribution in [3.63, 3.8) is 0 Å². The number of hydrogen-bond acceptors (Lipinski definition) is 5. The van der Waals surface area contributed by atoms with Crippen LogP contribution in [0.25, 0.3) is 10.2 Å². The standard InChI is InChI=1S/C17H15N3O2S2/c1-10(21)18-12-7-8-16(14(9-12)19-11(2)22)24-17-20-13-5-3-4-6-15(13)23-17/h3-9H,1-2H3,(H,18,21)(H,19,22). The number of amides is 2. The van der Waals surface area contributed by atoms with Gasteiger partial charge in [-0.1, -0.05) is 23.9 Å². The minimum absolute atomic E-state index is 0.157. The first-order valence-electron chi connectivity index (χ1n) is 7.24. The largest absolute Gasteiger partial charge is 0.326 e. The van der Waals surface area contributed by atoms with Gasteiger partial charge in [-0.15, -0.1) is 11.3 Å². The van der Waals surface area contributed by atoms with Gasteiger partial charge in [0.25, 0.3) is 0 Å². The van der Waals surface area contributed by atoms with Crippen LogP contribution >= 0.6 is 23.1 Å². The number of anilines is 2. The summed E-state index contributed by atoms with van der Waals surface area (Å²) < 4.78 is 2.02. The van der Waals surface area contributed by atoms with Gasteiger partial charge in [0.2, 0.25) is 11.8 Å². The number of nitrogens with one attached hydrogen (secondary N) is 2. The summed E-state index contributed by atoms with van der Waals surface area (Å²) in [5, 5.41) is 5.53. The lowest BCUT2D eigenvalue weighted by Crippen LogP contribution is -2.09. The molecule has 24 heavy (non-hydrogen) atoms. The number of hydrogen-bond donors (Lipinski definition) is 2. The van der Waals surface area contributed by atoms with Crippen molar-refractivity contribution in [2.24, 2.45) is 0 Å². The van der Waals surface area contributed by atoms with E-state index in [9.17, 15) is 9.59 Å². The maximum absolute atomic E-state index is 11.5. The zero-order valence-electron chi connectivity index (χ0n) is 13.1. The van der Waals surface area contributed by atoms with Crippen molar-refractivity contribution in [1.29, 1.82) is 0 Å². The molecule has 2 N–H and O–H groups in total. The number of carbonyl (C=O) groups excluding carboxylic acids is 2. The van der Waals surface area contributed by atoms with Crippen LogP contribution in [0.5, 0.6) is 0 Å². The van der Waals surface area contributed by atoms with Crippen LogP contribution < -0.4 is 10.6 Å². The van der Waals surface area contributed by atoms with Crippen molar-refractivity contribution in [1.82, 2.24) is 4.98 Å². The van der Waals surface area contributed by atoms with Gasteiger partial charge in [-0.05, 0) is 30.3 Å². The molecule has 1 heterocycles. The van der Waals surface area contributed by atoms with Crippen LogP contribution in [0.15, 0.2) is 51.7 Å². The third-order valence-electron chi connectivity index (χ3n) is 3.08. The van der Waals surface area contributed by atoms with Gasteiger partial charge in [0, 0.05) is 24.4 Å². The summed E-state index contributed by atoms with van der Waals surface area (Å²) in [5.74, 6) is -0.323. The second-order valence-corrected chi connectivity index (χ2v) is 7.44. The van der Waals surface area contributed by atoms with Gasteiger partial charge in [-0.3, -0.25) is 9.59 Å². The maximum atomic E-state index is 11.5. The number of fused-ring (bicyclic) bond motifs is 1. The molecule has 0 aliphatic rings. The van der Waals surface area contributed by atoms with E-state index in [1.165, 1.54) is 25.6 Å². The number of benzene rings is 2. The van der Waals surface area contributed by atoms with E-state index in [-0.39, 0.29) is 11.8 Å². The van der Waals surface area contributed by atoms with Crippen LogP contribution in [-0.2, 0) is 9.59 Å². The zero-order valence-corrected chi connectivity index (χ0v) is 14.8. The molecule has 0 fully saturated rings. The second-order valence-electron chi connectivity index (χ2n) is 5.12. The fourth-order valence-electron chi connectivity index (χ4n) is 2.18. The molecular formula is C17H15N3O2S2. The van der Waals surface area contributed by atoms with E-state index in [1.807, 2.05) is 36.4 Å². The lowest BCUT2D eigenvalue weighted by atomic mass is 10.2. The number of nitrogens with zero attached hydrogens (tertiary/aromatic N) is 1. The summed E-state index contributed by atoms with van der Waals surface area (Å²) in [6, 6.07) is 13.4. The molecule has 7 heteroatoms. The van der Waals surface area contributed by atoms with Crippen molar-refractivity contribution < 1.29 is 9.59 Å². The normalized spacial score (nSPS) is 10.6. The van der Waals surface area contributed by atoms with Crippen LogP contribution in [-0.4, -0.2) is 16.8 Å². The average molecular weight is 357 g/mol. The minimum atomic E-state index is -0.166. The Morgan fingerprint density at radius 1 is 1.04 bits per heavy atom. The van der Waals surface area contributed by atoms with Gasteiger partial charge in [0.1, 0.15) is 0 Å². The highest BCUT2D eigenvalue weighted by molar-refractivity contribution is 8.01. The number of para-hydroxylation sites is 1. The van der Waals surface area contributed by atoms with E-state index in [2.05, 4.69) is 15.6 Å². The summed E-state index contributed by atoms with van der Waals surface area (Å²) in [4.78, 5) is 28.2. The molecule has 3 aromatic rings. The molecule has 0 radical (unpaired) electrons. The van der Waals surface area contributed by atoms with E-state index in [1.54, 1.807) is 17.4 Å².